The topological polar surface area (TPSA) is 26.3 Å². The lowest BCUT2D eigenvalue weighted by Gasteiger charge is -2.73. The smallest absolute Gasteiger partial charge is 0.318 e. The number of esters is 1. The quantitative estimate of drug-likeness (QED) is 0.783. The summed E-state index contributed by atoms with van der Waals surface area (Å²) < 4.78 is 33.8. The van der Waals surface area contributed by atoms with Gasteiger partial charge in [-0.2, -0.15) is 0 Å². The van der Waals surface area contributed by atoms with Gasteiger partial charge in [0.15, 0.2) is 0 Å². The Hall–Kier alpha value is -0.970. The predicted octanol–water partition coefficient (Wildman–Crippen LogP) is 3.29. The van der Waals surface area contributed by atoms with Crippen molar-refractivity contribution >= 4 is 21.9 Å². The maximum Gasteiger partial charge on any atom is 0.318 e. The van der Waals surface area contributed by atoms with E-state index in [1.807, 2.05) is 0 Å². The van der Waals surface area contributed by atoms with Crippen molar-refractivity contribution in [3.05, 3.63) is 34.3 Å². The minimum Gasteiger partial charge on any atom is -0.468 e. The van der Waals surface area contributed by atoms with E-state index in [1.54, 1.807) is 24.3 Å². The SMILES string of the molecule is COC(=O)C12CC(c3ccc(Br)cc3)(C1)C2(F)F. The summed E-state index contributed by atoms with van der Waals surface area (Å²) in [6, 6.07) is 6.88. The number of hydrogen-bond donors (Lipinski definition) is 0. The normalized spacial score (nSPS) is 35.3. The summed E-state index contributed by atoms with van der Waals surface area (Å²) in [6.45, 7) is 0. The van der Waals surface area contributed by atoms with Crippen molar-refractivity contribution in [3.8, 4) is 0 Å². The van der Waals surface area contributed by atoms with Crippen LogP contribution in [0.1, 0.15) is 18.4 Å². The lowest BCUT2D eigenvalue weighted by atomic mass is 9.30. The van der Waals surface area contributed by atoms with Crippen LogP contribution in [0.3, 0.4) is 0 Å². The van der Waals surface area contributed by atoms with Gasteiger partial charge in [0, 0.05) is 4.47 Å². The first kappa shape index (κ1) is 12.1. The van der Waals surface area contributed by atoms with Crippen molar-refractivity contribution in [3.63, 3.8) is 0 Å². The van der Waals surface area contributed by atoms with Crippen LogP contribution >= 0.6 is 15.9 Å². The van der Waals surface area contributed by atoms with Gasteiger partial charge in [-0.15, -0.1) is 0 Å². The number of alkyl halides is 2. The number of halogens is 3. The van der Waals surface area contributed by atoms with Crippen molar-refractivity contribution in [2.45, 2.75) is 24.2 Å². The number of rotatable bonds is 2. The monoisotopic (exact) mass is 316 g/mol. The van der Waals surface area contributed by atoms with Gasteiger partial charge < -0.3 is 4.74 Å². The molecule has 96 valence electrons. The van der Waals surface area contributed by atoms with Crippen molar-refractivity contribution in [2.24, 2.45) is 5.41 Å². The molecule has 0 amide bonds. The highest BCUT2D eigenvalue weighted by Crippen LogP contribution is 2.81. The summed E-state index contributed by atoms with van der Waals surface area (Å²) in [5, 5.41) is 0. The van der Waals surface area contributed by atoms with E-state index in [0.29, 0.717) is 5.56 Å². The third-order valence-electron chi connectivity index (χ3n) is 4.38. The Balaban J connectivity index is 1.95. The zero-order valence-corrected chi connectivity index (χ0v) is 11.3. The summed E-state index contributed by atoms with van der Waals surface area (Å²) >= 11 is 3.28. The summed E-state index contributed by atoms with van der Waals surface area (Å²) in [5.74, 6) is -3.78. The minimum atomic E-state index is -3.00. The molecule has 5 heteroatoms. The van der Waals surface area contributed by atoms with Gasteiger partial charge in [0.2, 0.25) is 0 Å². The Morgan fingerprint density at radius 2 is 1.83 bits per heavy atom. The first-order valence-electron chi connectivity index (χ1n) is 5.62. The molecule has 4 rings (SSSR count). The molecule has 0 atom stereocenters. The predicted molar refractivity (Wildman–Crippen MR) is 64.5 cm³/mol. The van der Waals surface area contributed by atoms with Gasteiger partial charge in [-0.3, -0.25) is 4.79 Å². The highest BCUT2D eigenvalue weighted by molar-refractivity contribution is 9.10. The van der Waals surface area contributed by atoms with Crippen molar-refractivity contribution < 1.29 is 18.3 Å². The Bertz CT molecular complexity index is 518. The van der Waals surface area contributed by atoms with Crippen LogP contribution in [-0.4, -0.2) is 19.0 Å². The van der Waals surface area contributed by atoms with Crippen LogP contribution in [0.25, 0.3) is 0 Å². The average molecular weight is 317 g/mol. The molecule has 2 nitrogen and oxygen atoms in total. The lowest BCUT2D eigenvalue weighted by molar-refractivity contribution is -0.358. The zero-order valence-electron chi connectivity index (χ0n) is 9.67. The van der Waals surface area contributed by atoms with Crippen LogP contribution in [0.15, 0.2) is 28.7 Å². The third kappa shape index (κ3) is 1.05. The van der Waals surface area contributed by atoms with Gasteiger partial charge >= 0.3 is 5.97 Å². The summed E-state index contributed by atoms with van der Waals surface area (Å²) in [6.07, 6.45) is 0.364. The molecule has 3 saturated carbocycles. The second-order valence-corrected chi connectivity index (χ2v) is 6.01. The fourth-order valence-electron chi connectivity index (χ4n) is 3.29. The van der Waals surface area contributed by atoms with Crippen LogP contribution < -0.4 is 0 Å². The molecule has 0 unspecified atom stereocenters. The molecule has 0 radical (unpaired) electrons. The molecule has 3 aliphatic carbocycles. The van der Waals surface area contributed by atoms with Crippen molar-refractivity contribution in [1.29, 1.82) is 0 Å². The van der Waals surface area contributed by atoms with Crippen LogP contribution in [0.5, 0.6) is 0 Å². The van der Waals surface area contributed by atoms with E-state index in [-0.39, 0.29) is 12.8 Å². The minimum absolute atomic E-state index is 0.182. The van der Waals surface area contributed by atoms with Crippen LogP contribution in [0.2, 0.25) is 0 Å². The fraction of sp³-hybridized carbons (Fsp3) is 0.462. The average Bonchev–Trinajstić information content (AvgIpc) is 2.29. The number of hydrogen-bond acceptors (Lipinski definition) is 2. The molecular formula is C13H11BrF2O2. The van der Waals surface area contributed by atoms with E-state index in [4.69, 9.17) is 0 Å². The molecule has 3 aliphatic rings. The second-order valence-electron chi connectivity index (χ2n) is 5.09. The maximum absolute atomic E-state index is 14.2. The summed E-state index contributed by atoms with van der Waals surface area (Å²) in [4.78, 5) is 11.5. The number of carbonyl (C=O) groups excluding carboxylic acids is 1. The lowest BCUT2D eigenvalue weighted by Crippen LogP contribution is -2.84. The number of carbonyl (C=O) groups is 1. The summed E-state index contributed by atoms with van der Waals surface area (Å²) in [5.41, 5.74) is -2.14. The molecule has 0 heterocycles. The van der Waals surface area contributed by atoms with Crippen molar-refractivity contribution in [1.82, 2.24) is 0 Å². The van der Waals surface area contributed by atoms with Crippen LogP contribution in [0, 0.1) is 5.41 Å². The molecular weight excluding hydrogens is 306 g/mol. The van der Waals surface area contributed by atoms with Gasteiger partial charge in [-0.05, 0) is 30.5 Å². The molecule has 18 heavy (non-hydrogen) atoms. The van der Waals surface area contributed by atoms with E-state index in [0.717, 1.165) is 11.6 Å². The first-order valence-corrected chi connectivity index (χ1v) is 6.41. The highest BCUT2D eigenvalue weighted by Gasteiger charge is 2.92. The molecule has 1 aromatic carbocycles. The van der Waals surface area contributed by atoms with Gasteiger partial charge in [0.1, 0.15) is 5.41 Å². The molecule has 0 saturated heterocycles. The number of methoxy groups -OCH3 is 1. The van der Waals surface area contributed by atoms with Gasteiger partial charge in [0.25, 0.3) is 5.92 Å². The van der Waals surface area contributed by atoms with Gasteiger partial charge in [-0.25, -0.2) is 8.78 Å². The molecule has 0 aromatic heterocycles. The number of ether oxygens (including phenoxy) is 1. The van der Waals surface area contributed by atoms with Crippen LogP contribution in [0.4, 0.5) is 8.78 Å². The molecule has 0 aliphatic heterocycles. The molecule has 0 spiro atoms. The van der Waals surface area contributed by atoms with E-state index in [2.05, 4.69) is 20.7 Å². The number of benzene rings is 1. The molecule has 3 fully saturated rings. The Labute approximate surface area is 111 Å². The Morgan fingerprint density at radius 1 is 1.28 bits per heavy atom. The molecule has 2 bridgehead atoms. The Kier molecular flexibility index (Phi) is 2.23. The standard InChI is InChI=1S/C13H11BrF2O2/c1-18-10(17)12-6-11(7-12,13(12,15)16)8-2-4-9(14)5-3-8/h2-5H,6-7H2,1H3. The fourth-order valence-corrected chi connectivity index (χ4v) is 3.55. The second kappa shape index (κ2) is 3.32. The zero-order chi connectivity index (χ0) is 13.2. The van der Waals surface area contributed by atoms with E-state index in [1.165, 1.54) is 0 Å². The van der Waals surface area contributed by atoms with Gasteiger partial charge in [0.05, 0.1) is 12.5 Å². The molecule has 1 aromatic rings. The van der Waals surface area contributed by atoms with Crippen LogP contribution in [-0.2, 0) is 14.9 Å². The first-order chi connectivity index (χ1) is 8.39. The molecule has 0 N–H and O–H groups in total. The van der Waals surface area contributed by atoms with E-state index >= 15 is 0 Å². The highest BCUT2D eigenvalue weighted by atomic mass is 79.9. The summed E-state index contributed by atoms with van der Waals surface area (Å²) in [7, 11) is 1.16. The third-order valence-corrected chi connectivity index (χ3v) is 4.91. The van der Waals surface area contributed by atoms with Gasteiger partial charge in [-0.1, -0.05) is 28.1 Å². The van der Waals surface area contributed by atoms with Crippen molar-refractivity contribution in [2.75, 3.05) is 7.11 Å². The van der Waals surface area contributed by atoms with E-state index < -0.39 is 22.7 Å². The van der Waals surface area contributed by atoms with E-state index in [9.17, 15) is 13.6 Å². The Morgan fingerprint density at radius 3 is 2.28 bits per heavy atom. The largest absolute Gasteiger partial charge is 0.468 e. The maximum atomic E-state index is 14.2.